The first-order valence-corrected chi connectivity index (χ1v) is 9.93. The van der Waals surface area contributed by atoms with E-state index < -0.39 is 41.8 Å². The van der Waals surface area contributed by atoms with Crippen molar-refractivity contribution in [1.82, 2.24) is 15.2 Å². The maximum Gasteiger partial charge on any atom is 0.355 e. The molecule has 4 N–H and O–H groups in total. The normalized spacial score (nSPS) is 20.9. The highest BCUT2D eigenvalue weighted by Crippen LogP contribution is 2.37. The number of rotatable bonds is 7. The SMILES string of the molecule is CO/N=C(\C(=O)NC1C(=O)N2C(C(=O)OCC(=O)O)=CCS[C@H]12)c1csc(N)n1. The van der Waals surface area contributed by atoms with Gasteiger partial charge in [-0.1, -0.05) is 5.16 Å². The Morgan fingerprint density at radius 3 is 2.86 bits per heavy atom. The molecule has 2 atom stereocenters. The molecule has 1 aromatic rings. The average Bonchev–Trinajstić information content (AvgIpc) is 3.13. The van der Waals surface area contributed by atoms with Crippen LogP contribution < -0.4 is 11.1 Å². The number of aromatic nitrogens is 1. The number of nitrogens with zero attached hydrogens (tertiary/aromatic N) is 3. The van der Waals surface area contributed by atoms with E-state index in [0.29, 0.717) is 5.75 Å². The van der Waals surface area contributed by atoms with Gasteiger partial charge in [0.25, 0.3) is 11.8 Å². The molecule has 3 rings (SSSR count). The smallest absolute Gasteiger partial charge is 0.355 e. The van der Waals surface area contributed by atoms with Crippen LogP contribution in [0.25, 0.3) is 0 Å². The first kappa shape index (κ1) is 20.6. The molecule has 0 radical (unpaired) electrons. The van der Waals surface area contributed by atoms with Gasteiger partial charge in [0.2, 0.25) is 0 Å². The van der Waals surface area contributed by atoms with Crippen molar-refractivity contribution < 1.29 is 33.9 Å². The van der Waals surface area contributed by atoms with Crippen molar-refractivity contribution in [1.29, 1.82) is 0 Å². The number of oxime groups is 1. The maximum absolute atomic E-state index is 12.6. The molecule has 1 saturated heterocycles. The Morgan fingerprint density at radius 2 is 2.24 bits per heavy atom. The molecule has 0 bridgehead atoms. The highest BCUT2D eigenvalue weighted by Gasteiger charge is 2.53. The van der Waals surface area contributed by atoms with Crippen molar-refractivity contribution in [2.45, 2.75) is 11.4 Å². The van der Waals surface area contributed by atoms with Crippen LogP contribution in [0.3, 0.4) is 0 Å². The van der Waals surface area contributed by atoms with Gasteiger partial charge in [0.05, 0.1) is 0 Å². The number of carbonyl (C=O) groups excluding carboxylic acids is 3. The lowest BCUT2D eigenvalue weighted by atomic mass is 10.0. The summed E-state index contributed by atoms with van der Waals surface area (Å²) < 4.78 is 4.64. The van der Waals surface area contributed by atoms with Crippen LogP contribution in [0, 0.1) is 0 Å². The minimum absolute atomic E-state index is 0.0523. The molecule has 1 unspecified atom stereocenters. The highest BCUT2D eigenvalue weighted by molar-refractivity contribution is 8.00. The summed E-state index contributed by atoms with van der Waals surface area (Å²) >= 11 is 2.44. The second-order valence-electron chi connectivity index (χ2n) is 5.64. The van der Waals surface area contributed by atoms with Crippen LogP contribution in [-0.2, 0) is 28.8 Å². The Kier molecular flexibility index (Phi) is 6.03. The second-order valence-corrected chi connectivity index (χ2v) is 7.68. The summed E-state index contributed by atoms with van der Waals surface area (Å²) in [6.45, 7) is -0.816. The van der Waals surface area contributed by atoms with Gasteiger partial charge in [-0.25, -0.2) is 14.6 Å². The van der Waals surface area contributed by atoms with Crippen LogP contribution in [0.2, 0.25) is 0 Å². The van der Waals surface area contributed by atoms with Crippen molar-refractivity contribution in [3.05, 3.63) is 22.8 Å². The Morgan fingerprint density at radius 1 is 1.48 bits per heavy atom. The van der Waals surface area contributed by atoms with Gasteiger partial charge in [0.15, 0.2) is 17.5 Å². The summed E-state index contributed by atoms with van der Waals surface area (Å²) in [6, 6.07) is -0.915. The van der Waals surface area contributed by atoms with Gasteiger partial charge < -0.3 is 25.7 Å². The summed E-state index contributed by atoms with van der Waals surface area (Å²) in [5.41, 5.74) is 5.57. The molecule has 154 valence electrons. The molecule has 0 aromatic carbocycles. The Balaban J connectivity index is 1.69. The Labute approximate surface area is 171 Å². The molecule has 0 spiro atoms. The number of fused-ring (bicyclic) bond motifs is 1. The number of nitrogen functional groups attached to an aromatic ring is 1. The maximum atomic E-state index is 12.6. The number of carboxylic acids is 1. The lowest BCUT2D eigenvalue weighted by molar-refractivity contribution is -0.157. The predicted molar refractivity (Wildman–Crippen MR) is 102 cm³/mol. The number of nitrogens with two attached hydrogens (primary N) is 1. The van der Waals surface area contributed by atoms with E-state index in [4.69, 9.17) is 10.8 Å². The number of hydrogen-bond donors (Lipinski definition) is 3. The third kappa shape index (κ3) is 4.17. The van der Waals surface area contributed by atoms with Gasteiger partial charge in [0, 0.05) is 11.1 Å². The lowest BCUT2D eigenvalue weighted by Crippen LogP contribution is -2.70. The quantitative estimate of drug-likeness (QED) is 0.206. The van der Waals surface area contributed by atoms with E-state index in [1.54, 1.807) is 0 Å². The van der Waals surface area contributed by atoms with Gasteiger partial charge >= 0.3 is 11.9 Å². The minimum atomic E-state index is -1.31. The molecule has 2 aliphatic rings. The third-order valence-electron chi connectivity index (χ3n) is 3.83. The molecule has 0 aliphatic carbocycles. The Hall–Kier alpha value is -3.13. The predicted octanol–water partition coefficient (Wildman–Crippen LogP) is -1.01. The number of ether oxygens (including phenoxy) is 1. The van der Waals surface area contributed by atoms with Gasteiger partial charge in [0.1, 0.15) is 29.9 Å². The number of carboxylic acid groups (broad SMARTS) is 1. The molecule has 1 aromatic heterocycles. The molecular weight excluding hydrogens is 426 g/mol. The monoisotopic (exact) mass is 441 g/mol. The number of esters is 1. The number of hydrogen-bond acceptors (Lipinski definition) is 11. The van der Waals surface area contributed by atoms with E-state index >= 15 is 0 Å². The van der Waals surface area contributed by atoms with Crippen molar-refractivity contribution >= 4 is 57.7 Å². The van der Waals surface area contributed by atoms with E-state index in [1.807, 2.05) is 0 Å². The van der Waals surface area contributed by atoms with Gasteiger partial charge in [-0.05, 0) is 6.08 Å². The standard InChI is InChI=1S/C15H15N5O7S2/c1-26-19-9(6-5-29-15(16)17-6)11(23)18-10-12(24)20-7(2-3-28-13(10)20)14(25)27-4-8(21)22/h2,5,10,13H,3-4H2,1H3,(H2,16,17)(H,18,23)(H,21,22)/b19-9-/t10?,13-/m1/s1. The fraction of sp³-hybridized carbons (Fsp3) is 0.333. The first-order valence-electron chi connectivity index (χ1n) is 8.00. The molecule has 1 fully saturated rings. The third-order valence-corrected chi connectivity index (χ3v) is 5.69. The van der Waals surface area contributed by atoms with E-state index in [1.165, 1.54) is 30.3 Å². The number of nitrogens with one attached hydrogen (secondary N) is 1. The number of thiazole rings is 1. The first-order chi connectivity index (χ1) is 13.8. The van der Waals surface area contributed by atoms with Crippen LogP contribution in [0.15, 0.2) is 22.3 Å². The number of amides is 2. The minimum Gasteiger partial charge on any atom is -0.479 e. The summed E-state index contributed by atoms with van der Waals surface area (Å²) in [6.07, 6.45) is 1.47. The highest BCUT2D eigenvalue weighted by atomic mass is 32.2. The molecule has 2 aliphatic heterocycles. The van der Waals surface area contributed by atoms with Crippen molar-refractivity contribution in [3.63, 3.8) is 0 Å². The average molecular weight is 441 g/mol. The van der Waals surface area contributed by atoms with Crippen LogP contribution in [0.1, 0.15) is 5.69 Å². The fourth-order valence-corrected chi connectivity index (χ4v) is 4.37. The molecule has 14 heteroatoms. The lowest BCUT2D eigenvalue weighted by Gasteiger charge is -2.48. The summed E-state index contributed by atoms with van der Waals surface area (Å²) in [7, 11) is 1.26. The van der Waals surface area contributed by atoms with Crippen LogP contribution in [0.4, 0.5) is 5.13 Å². The van der Waals surface area contributed by atoms with Gasteiger partial charge in [-0.2, -0.15) is 0 Å². The van der Waals surface area contributed by atoms with Crippen molar-refractivity contribution in [2.75, 3.05) is 25.2 Å². The van der Waals surface area contributed by atoms with Crippen LogP contribution >= 0.6 is 23.1 Å². The summed E-state index contributed by atoms with van der Waals surface area (Å²) in [5.74, 6) is -3.09. The second kappa shape index (κ2) is 8.48. The number of carbonyl (C=O) groups is 4. The molecule has 29 heavy (non-hydrogen) atoms. The zero-order valence-corrected chi connectivity index (χ0v) is 16.5. The fourth-order valence-electron chi connectivity index (χ4n) is 2.63. The van der Waals surface area contributed by atoms with E-state index in [2.05, 4.69) is 25.0 Å². The van der Waals surface area contributed by atoms with Crippen molar-refractivity contribution in [3.8, 4) is 0 Å². The van der Waals surface area contributed by atoms with E-state index in [9.17, 15) is 19.2 Å². The molecule has 12 nitrogen and oxygen atoms in total. The van der Waals surface area contributed by atoms with Gasteiger partial charge in [-0.15, -0.1) is 23.1 Å². The van der Waals surface area contributed by atoms with Crippen molar-refractivity contribution in [2.24, 2.45) is 5.16 Å². The van der Waals surface area contributed by atoms with Crippen LogP contribution in [0.5, 0.6) is 0 Å². The number of aliphatic carboxylic acids is 1. The number of β-lactam (4-membered cyclic amide) rings is 1. The Bertz CT molecular complexity index is 928. The zero-order valence-electron chi connectivity index (χ0n) is 14.9. The summed E-state index contributed by atoms with van der Waals surface area (Å²) in [5, 5.41) is 16.0. The number of thioether (sulfide) groups is 1. The molecule has 0 saturated carbocycles. The van der Waals surface area contributed by atoms with E-state index in [0.717, 1.165) is 16.2 Å². The number of anilines is 1. The topological polar surface area (TPSA) is 174 Å². The molecule has 3 heterocycles. The van der Waals surface area contributed by atoms with Gasteiger partial charge in [-0.3, -0.25) is 14.5 Å². The largest absolute Gasteiger partial charge is 0.479 e. The van der Waals surface area contributed by atoms with Crippen LogP contribution in [-0.4, -0.2) is 75.3 Å². The molecular formula is C15H15N5O7S2. The molecule has 2 amide bonds. The summed E-state index contributed by atoms with van der Waals surface area (Å²) in [4.78, 5) is 57.6. The zero-order chi connectivity index (χ0) is 21.1. The van der Waals surface area contributed by atoms with E-state index in [-0.39, 0.29) is 22.2 Å².